The van der Waals surface area contributed by atoms with E-state index in [1.165, 1.54) is 0 Å². The topological polar surface area (TPSA) is 70.3 Å². The normalized spacial score (nSPS) is 10.9. The van der Waals surface area contributed by atoms with Crippen LogP contribution in [0.5, 0.6) is 5.75 Å². The van der Waals surface area contributed by atoms with Crippen molar-refractivity contribution in [2.24, 2.45) is 0 Å². The van der Waals surface area contributed by atoms with Gasteiger partial charge in [0, 0.05) is 49.1 Å². The Kier molecular flexibility index (Phi) is 6.00. The molecular weight excluding hydrogens is 364 g/mol. The number of hydrogen-bond acceptors (Lipinski definition) is 4. The van der Waals surface area contributed by atoms with E-state index in [-0.39, 0.29) is 5.57 Å². The highest BCUT2D eigenvalue weighted by Crippen LogP contribution is 2.20. The fraction of sp³-hybridized carbons (Fsp3) is 0.130. The van der Waals surface area contributed by atoms with Gasteiger partial charge in [0.2, 0.25) is 0 Å². The quantitative estimate of drug-likeness (QED) is 0.512. The third-order valence-corrected chi connectivity index (χ3v) is 4.41. The Morgan fingerprint density at radius 1 is 1.14 bits per heavy atom. The number of nitrogens with one attached hydrogen (secondary N) is 1. The summed E-state index contributed by atoms with van der Waals surface area (Å²) in [5.74, 6) is 0.150. The Bertz CT molecular complexity index is 1070. The smallest absolute Gasteiger partial charge is 0.266 e. The van der Waals surface area contributed by atoms with Gasteiger partial charge in [0.05, 0.1) is 7.11 Å². The van der Waals surface area contributed by atoms with Crippen molar-refractivity contribution in [3.63, 3.8) is 0 Å². The first kappa shape index (κ1) is 19.8. The van der Waals surface area contributed by atoms with E-state index < -0.39 is 5.91 Å². The number of benzene rings is 2. The molecule has 0 aliphatic carbocycles. The van der Waals surface area contributed by atoms with Crippen molar-refractivity contribution in [1.29, 1.82) is 5.26 Å². The Hall–Kier alpha value is -3.98. The summed E-state index contributed by atoms with van der Waals surface area (Å²) in [6.07, 6.45) is 3.47. The monoisotopic (exact) mass is 386 g/mol. The molecule has 2 aromatic carbocycles. The molecule has 3 aromatic rings. The fourth-order valence-electron chi connectivity index (χ4n) is 2.85. The second-order valence-corrected chi connectivity index (χ2v) is 6.57. The number of rotatable bonds is 6. The van der Waals surface area contributed by atoms with E-state index >= 15 is 0 Å². The number of amides is 1. The van der Waals surface area contributed by atoms with Crippen LogP contribution in [0.25, 0.3) is 11.8 Å². The van der Waals surface area contributed by atoms with Crippen LogP contribution in [0.1, 0.15) is 5.69 Å². The maximum atomic E-state index is 12.6. The van der Waals surface area contributed by atoms with Gasteiger partial charge in [-0.25, -0.2) is 0 Å². The first-order chi connectivity index (χ1) is 14.0. The predicted molar refractivity (Wildman–Crippen MR) is 115 cm³/mol. The molecule has 1 heterocycles. The second-order valence-electron chi connectivity index (χ2n) is 6.57. The molecule has 0 saturated carbocycles. The van der Waals surface area contributed by atoms with Gasteiger partial charge < -0.3 is 19.5 Å². The molecule has 0 fully saturated rings. The summed E-state index contributed by atoms with van der Waals surface area (Å²) in [5.41, 5.74) is 3.34. The second kappa shape index (κ2) is 8.81. The third-order valence-electron chi connectivity index (χ3n) is 4.41. The largest absolute Gasteiger partial charge is 0.497 e. The average Bonchev–Trinajstić information content (AvgIpc) is 3.20. The van der Waals surface area contributed by atoms with E-state index in [0.717, 1.165) is 17.1 Å². The molecule has 0 bridgehead atoms. The van der Waals surface area contributed by atoms with Gasteiger partial charge in [-0.2, -0.15) is 5.26 Å². The van der Waals surface area contributed by atoms with E-state index in [9.17, 15) is 10.1 Å². The molecule has 3 rings (SSSR count). The Balaban J connectivity index is 1.85. The van der Waals surface area contributed by atoms with Crippen molar-refractivity contribution < 1.29 is 9.53 Å². The predicted octanol–water partition coefficient (Wildman–Crippen LogP) is 4.10. The van der Waals surface area contributed by atoms with Crippen LogP contribution in [-0.4, -0.2) is 31.7 Å². The molecule has 0 aliphatic heterocycles. The van der Waals surface area contributed by atoms with Gasteiger partial charge in [-0.1, -0.05) is 6.07 Å². The number of ether oxygens (including phenoxy) is 1. The van der Waals surface area contributed by atoms with E-state index in [1.807, 2.05) is 72.2 Å². The third kappa shape index (κ3) is 4.66. The minimum atomic E-state index is -0.476. The summed E-state index contributed by atoms with van der Waals surface area (Å²) < 4.78 is 7.09. The lowest BCUT2D eigenvalue weighted by Gasteiger charge is -2.14. The van der Waals surface area contributed by atoms with Crippen molar-refractivity contribution in [2.45, 2.75) is 0 Å². The van der Waals surface area contributed by atoms with E-state index in [2.05, 4.69) is 5.32 Å². The molecule has 0 spiro atoms. The summed E-state index contributed by atoms with van der Waals surface area (Å²) in [6.45, 7) is 0. The van der Waals surface area contributed by atoms with Gasteiger partial charge in [0.15, 0.2) is 0 Å². The van der Waals surface area contributed by atoms with Crippen LogP contribution in [0, 0.1) is 11.3 Å². The lowest BCUT2D eigenvalue weighted by atomic mass is 10.2. The highest BCUT2D eigenvalue weighted by Gasteiger charge is 2.12. The number of nitrogens with zero attached hydrogens (tertiary/aromatic N) is 3. The molecule has 0 atom stereocenters. The Morgan fingerprint density at radius 2 is 1.90 bits per heavy atom. The summed E-state index contributed by atoms with van der Waals surface area (Å²) in [7, 11) is 5.53. The molecular formula is C23H22N4O2. The molecule has 1 amide bonds. The summed E-state index contributed by atoms with van der Waals surface area (Å²) in [6, 6.07) is 20.7. The van der Waals surface area contributed by atoms with Crippen molar-refractivity contribution in [3.05, 3.63) is 78.1 Å². The SMILES string of the molecule is COc1cccc(NC(=O)/C(C#N)=C\c2cccn2-c2ccc(N(C)C)cc2)c1. The van der Waals surface area contributed by atoms with Crippen LogP contribution in [0.15, 0.2) is 72.4 Å². The lowest BCUT2D eigenvalue weighted by Crippen LogP contribution is -2.13. The Morgan fingerprint density at radius 3 is 2.55 bits per heavy atom. The molecule has 0 unspecified atom stereocenters. The van der Waals surface area contributed by atoms with E-state index in [0.29, 0.717) is 11.4 Å². The Labute approximate surface area is 170 Å². The lowest BCUT2D eigenvalue weighted by molar-refractivity contribution is -0.112. The summed E-state index contributed by atoms with van der Waals surface area (Å²) in [4.78, 5) is 14.6. The van der Waals surface area contributed by atoms with Gasteiger partial charge >= 0.3 is 0 Å². The maximum absolute atomic E-state index is 12.6. The number of hydrogen-bond donors (Lipinski definition) is 1. The van der Waals surface area contributed by atoms with Crippen molar-refractivity contribution in [2.75, 3.05) is 31.4 Å². The zero-order valence-corrected chi connectivity index (χ0v) is 16.6. The average molecular weight is 386 g/mol. The number of carbonyl (C=O) groups is 1. The number of aromatic nitrogens is 1. The highest BCUT2D eigenvalue weighted by molar-refractivity contribution is 6.09. The molecule has 29 heavy (non-hydrogen) atoms. The first-order valence-electron chi connectivity index (χ1n) is 9.04. The molecule has 146 valence electrons. The standard InChI is InChI=1S/C23H22N4O2/c1-26(2)19-9-11-20(12-10-19)27-13-5-7-21(27)14-17(16-24)23(28)25-18-6-4-8-22(15-18)29-3/h4-15H,1-3H3,(H,25,28)/b17-14-. The van der Waals surface area contributed by atoms with Crippen LogP contribution in [0.3, 0.4) is 0 Å². The maximum Gasteiger partial charge on any atom is 0.266 e. The molecule has 0 aliphatic rings. The number of anilines is 2. The zero-order valence-electron chi connectivity index (χ0n) is 16.6. The van der Waals surface area contributed by atoms with Gasteiger partial charge in [-0.05, 0) is 54.6 Å². The van der Waals surface area contributed by atoms with Gasteiger partial charge in [0.1, 0.15) is 17.4 Å². The van der Waals surface area contributed by atoms with Gasteiger partial charge in [-0.3, -0.25) is 4.79 Å². The van der Waals surface area contributed by atoms with Crippen molar-refractivity contribution in [1.82, 2.24) is 4.57 Å². The molecule has 0 radical (unpaired) electrons. The molecule has 1 aromatic heterocycles. The minimum Gasteiger partial charge on any atom is -0.497 e. The van der Waals surface area contributed by atoms with Gasteiger partial charge in [-0.15, -0.1) is 0 Å². The van der Waals surface area contributed by atoms with E-state index in [1.54, 1.807) is 37.5 Å². The number of carbonyl (C=O) groups excluding carboxylic acids is 1. The number of nitriles is 1. The molecule has 1 N–H and O–H groups in total. The van der Waals surface area contributed by atoms with Crippen LogP contribution >= 0.6 is 0 Å². The molecule has 6 nitrogen and oxygen atoms in total. The van der Waals surface area contributed by atoms with Gasteiger partial charge in [0.25, 0.3) is 5.91 Å². The summed E-state index contributed by atoms with van der Waals surface area (Å²) >= 11 is 0. The summed E-state index contributed by atoms with van der Waals surface area (Å²) in [5, 5.41) is 12.2. The van der Waals surface area contributed by atoms with E-state index in [4.69, 9.17) is 4.74 Å². The molecule has 0 saturated heterocycles. The van der Waals surface area contributed by atoms with Crippen molar-refractivity contribution >= 4 is 23.4 Å². The zero-order chi connectivity index (χ0) is 20.8. The highest BCUT2D eigenvalue weighted by atomic mass is 16.5. The fourth-order valence-corrected chi connectivity index (χ4v) is 2.85. The van der Waals surface area contributed by atoms with Crippen LogP contribution in [0.2, 0.25) is 0 Å². The van der Waals surface area contributed by atoms with Crippen LogP contribution in [0.4, 0.5) is 11.4 Å². The van der Waals surface area contributed by atoms with Crippen molar-refractivity contribution in [3.8, 4) is 17.5 Å². The number of methoxy groups -OCH3 is 1. The first-order valence-corrected chi connectivity index (χ1v) is 9.04. The van der Waals surface area contributed by atoms with Crippen LogP contribution in [-0.2, 0) is 4.79 Å². The minimum absolute atomic E-state index is 0.0117. The van der Waals surface area contributed by atoms with Crippen LogP contribution < -0.4 is 15.0 Å². The molecule has 6 heteroatoms.